The molecular formula is C12H21IO3. The van der Waals surface area contributed by atoms with E-state index in [2.05, 4.69) is 22.6 Å². The summed E-state index contributed by atoms with van der Waals surface area (Å²) in [6.07, 6.45) is 3.51. The molecule has 0 aromatic heterocycles. The van der Waals surface area contributed by atoms with Gasteiger partial charge in [-0.1, -0.05) is 36.4 Å². The Bertz CT molecular complexity index is 265. The minimum atomic E-state index is -0.612. The van der Waals surface area contributed by atoms with Crippen molar-refractivity contribution in [2.24, 2.45) is 0 Å². The third-order valence-electron chi connectivity index (χ3n) is 3.56. The van der Waals surface area contributed by atoms with E-state index < -0.39 is 9.02 Å². The van der Waals surface area contributed by atoms with E-state index >= 15 is 0 Å². The number of carbonyl (C=O) groups is 1. The number of hydrogen-bond donors (Lipinski definition) is 1. The van der Waals surface area contributed by atoms with Gasteiger partial charge in [0.25, 0.3) is 0 Å². The van der Waals surface area contributed by atoms with Gasteiger partial charge in [0.1, 0.15) is 9.53 Å². The maximum absolute atomic E-state index is 11.8. The highest BCUT2D eigenvalue weighted by Crippen LogP contribution is 2.35. The zero-order valence-corrected chi connectivity index (χ0v) is 12.4. The van der Waals surface area contributed by atoms with Crippen molar-refractivity contribution in [1.29, 1.82) is 0 Å². The van der Waals surface area contributed by atoms with Crippen LogP contribution < -0.4 is 0 Å². The average Bonchev–Trinajstić information content (AvgIpc) is 2.61. The smallest absolute Gasteiger partial charge is 0.322 e. The van der Waals surface area contributed by atoms with Gasteiger partial charge in [0.05, 0.1) is 5.60 Å². The van der Waals surface area contributed by atoms with Crippen molar-refractivity contribution in [3.63, 3.8) is 0 Å². The van der Waals surface area contributed by atoms with Crippen molar-refractivity contribution < 1.29 is 14.6 Å². The van der Waals surface area contributed by atoms with Gasteiger partial charge < -0.3 is 9.84 Å². The largest absolute Gasteiger partial charge is 0.461 e. The van der Waals surface area contributed by atoms with Gasteiger partial charge in [0, 0.05) is 6.42 Å². The number of halogens is 1. The number of aliphatic hydroxyl groups is 1. The summed E-state index contributed by atoms with van der Waals surface area (Å²) in [5.41, 5.74) is -0.612. The first-order chi connectivity index (χ1) is 7.33. The second-order valence-electron chi connectivity index (χ2n) is 4.90. The van der Waals surface area contributed by atoms with E-state index in [0.717, 1.165) is 25.7 Å². The molecule has 2 unspecified atom stereocenters. The van der Waals surface area contributed by atoms with Crippen LogP contribution in [0.4, 0.5) is 0 Å². The van der Waals surface area contributed by atoms with Crippen molar-refractivity contribution in [3.05, 3.63) is 0 Å². The Balaban J connectivity index is 2.49. The molecule has 1 fully saturated rings. The van der Waals surface area contributed by atoms with E-state index in [0.29, 0.717) is 6.42 Å². The Morgan fingerprint density at radius 2 is 2.25 bits per heavy atom. The predicted octanol–water partition coefficient (Wildman–Crippen LogP) is 2.83. The monoisotopic (exact) mass is 340 g/mol. The van der Waals surface area contributed by atoms with Crippen LogP contribution in [0.3, 0.4) is 0 Å². The maximum atomic E-state index is 11.8. The standard InChI is InChI=1S/C12H21IO3/c1-4-11(3,13)10(14)16-9-6-7-12(15,5-2)8-9/h9,15H,4-8H2,1-3H3/t9-,11?,12?/m0/s1. The summed E-state index contributed by atoms with van der Waals surface area (Å²) in [6.45, 7) is 5.83. The van der Waals surface area contributed by atoms with Crippen LogP contribution in [0.1, 0.15) is 52.9 Å². The van der Waals surface area contributed by atoms with E-state index in [1.807, 2.05) is 20.8 Å². The van der Waals surface area contributed by atoms with Crippen LogP contribution in [-0.4, -0.2) is 26.2 Å². The molecule has 0 aliphatic heterocycles. The number of hydrogen-bond acceptors (Lipinski definition) is 3. The van der Waals surface area contributed by atoms with E-state index in [4.69, 9.17) is 4.74 Å². The van der Waals surface area contributed by atoms with Crippen molar-refractivity contribution in [3.8, 4) is 0 Å². The zero-order valence-electron chi connectivity index (χ0n) is 10.3. The summed E-state index contributed by atoms with van der Waals surface area (Å²) in [5, 5.41) is 10.1. The summed E-state index contributed by atoms with van der Waals surface area (Å²) in [7, 11) is 0. The average molecular weight is 340 g/mol. The topological polar surface area (TPSA) is 46.5 Å². The molecule has 16 heavy (non-hydrogen) atoms. The van der Waals surface area contributed by atoms with Crippen LogP contribution in [0.2, 0.25) is 0 Å². The third-order valence-corrected chi connectivity index (χ3v) is 4.76. The molecule has 4 heteroatoms. The molecule has 1 N–H and O–H groups in total. The van der Waals surface area contributed by atoms with Crippen LogP contribution in [0.5, 0.6) is 0 Å². The lowest BCUT2D eigenvalue weighted by Gasteiger charge is -2.23. The molecule has 0 aromatic rings. The maximum Gasteiger partial charge on any atom is 0.322 e. The lowest BCUT2D eigenvalue weighted by atomic mass is 9.99. The number of alkyl halides is 1. The fourth-order valence-corrected chi connectivity index (χ4v) is 2.02. The Kier molecular flexibility index (Phi) is 4.63. The molecule has 0 aromatic carbocycles. The summed E-state index contributed by atoms with van der Waals surface area (Å²) >= 11 is 2.13. The molecule has 0 bridgehead atoms. The van der Waals surface area contributed by atoms with Crippen molar-refractivity contribution in [2.75, 3.05) is 0 Å². The summed E-state index contributed by atoms with van der Waals surface area (Å²) in [4.78, 5) is 11.8. The van der Waals surface area contributed by atoms with Gasteiger partial charge >= 0.3 is 5.97 Å². The molecule has 3 nitrogen and oxygen atoms in total. The fourth-order valence-electron chi connectivity index (χ4n) is 1.90. The van der Waals surface area contributed by atoms with Crippen molar-refractivity contribution >= 4 is 28.6 Å². The van der Waals surface area contributed by atoms with Gasteiger partial charge in [0.2, 0.25) is 0 Å². The molecule has 0 spiro atoms. The van der Waals surface area contributed by atoms with Gasteiger partial charge in [-0.2, -0.15) is 0 Å². The first kappa shape index (κ1) is 14.2. The first-order valence-electron chi connectivity index (χ1n) is 5.95. The van der Waals surface area contributed by atoms with Gasteiger partial charge in [-0.25, -0.2) is 0 Å². The molecule has 3 atom stereocenters. The molecule has 0 saturated heterocycles. The minimum absolute atomic E-state index is 0.0990. The minimum Gasteiger partial charge on any atom is -0.461 e. The van der Waals surface area contributed by atoms with Crippen LogP contribution in [0.15, 0.2) is 0 Å². The van der Waals surface area contributed by atoms with Gasteiger partial charge in [0.15, 0.2) is 0 Å². The summed E-state index contributed by atoms with van der Waals surface area (Å²) in [5.74, 6) is -0.152. The van der Waals surface area contributed by atoms with Crippen LogP contribution in [0.25, 0.3) is 0 Å². The Hall–Kier alpha value is 0.160. The Labute approximate surface area is 111 Å². The van der Waals surface area contributed by atoms with E-state index in [9.17, 15) is 9.90 Å². The Morgan fingerprint density at radius 3 is 2.69 bits per heavy atom. The second-order valence-corrected chi connectivity index (χ2v) is 7.28. The quantitative estimate of drug-likeness (QED) is 0.486. The van der Waals surface area contributed by atoms with Gasteiger partial charge in [-0.15, -0.1) is 0 Å². The van der Waals surface area contributed by atoms with E-state index in [1.165, 1.54) is 0 Å². The predicted molar refractivity (Wildman–Crippen MR) is 71.7 cm³/mol. The molecule has 0 heterocycles. The Morgan fingerprint density at radius 1 is 1.62 bits per heavy atom. The van der Waals surface area contributed by atoms with Crippen LogP contribution in [0, 0.1) is 0 Å². The molecule has 1 saturated carbocycles. The number of carbonyl (C=O) groups excluding carboxylic acids is 1. The molecule has 0 amide bonds. The molecule has 0 radical (unpaired) electrons. The highest BCUT2D eigenvalue weighted by molar-refractivity contribution is 14.1. The van der Waals surface area contributed by atoms with Crippen LogP contribution in [-0.2, 0) is 9.53 Å². The van der Waals surface area contributed by atoms with Gasteiger partial charge in [-0.05, 0) is 32.6 Å². The number of esters is 1. The number of ether oxygens (including phenoxy) is 1. The normalized spacial score (nSPS) is 33.4. The summed E-state index contributed by atoms with van der Waals surface area (Å²) in [6, 6.07) is 0. The van der Waals surface area contributed by atoms with E-state index in [1.54, 1.807) is 0 Å². The SMILES string of the molecule is CCC1(O)CC[C@H](OC(=O)C(C)(I)CC)C1. The second kappa shape index (κ2) is 5.21. The van der Waals surface area contributed by atoms with Crippen LogP contribution >= 0.6 is 22.6 Å². The molecule has 1 rings (SSSR count). The van der Waals surface area contributed by atoms with Gasteiger partial charge in [-0.3, -0.25) is 4.79 Å². The lowest BCUT2D eigenvalue weighted by molar-refractivity contribution is -0.151. The third kappa shape index (κ3) is 3.32. The molecule has 1 aliphatic rings. The zero-order chi connectivity index (χ0) is 12.4. The van der Waals surface area contributed by atoms with Crippen molar-refractivity contribution in [2.45, 2.75) is 68.0 Å². The highest BCUT2D eigenvalue weighted by atomic mass is 127. The molecule has 1 aliphatic carbocycles. The molecule has 94 valence electrons. The number of rotatable bonds is 4. The first-order valence-corrected chi connectivity index (χ1v) is 7.03. The fraction of sp³-hybridized carbons (Fsp3) is 0.917. The van der Waals surface area contributed by atoms with E-state index in [-0.39, 0.29) is 12.1 Å². The molecular weight excluding hydrogens is 319 g/mol. The summed E-state index contributed by atoms with van der Waals surface area (Å²) < 4.78 is 5.02. The van der Waals surface area contributed by atoms with Crippen molar-refractivity contribution in [1.82, 2.24) is 0 Å². The highest BCUT2D eigenvalue weighted by Gasteiger charge is 2.40. The lowest BCUT2D eigenvalue weighted by Crippen LogP contribution is -2.33.